The van der Waals surface area contributed by atoms with Gasteiger partial charge < -0.3 is 10.1 Å². The van der Waals surface area contributed by atoms with E-state index in [9.17, 15) is 34.8 Å². The molecular weight excluding hydrogens is 547 g/mol. The average molecular weight is 572 g/mol. The van der Waals surface area contributed by atoms with Gasteiger partial charge in [-0.3, -0.25) is 13.8 Å². The van der Waals surface area contributed by atoms with Crippen LogP contribution in [0.3, 0.4) is 0 Å². The molecule has 0 saturated carbocycles. The molecule has 204 valence electrons. The zero-order chi connectivity index (χ0) is 28.3. The van der Waals surface area contributed by atoms with Crippen LogP contribution in [0.5, 0.6) is 5.75 Å². The predicted octanol–water partition coefficient (Wildman–Crippen LogP) is 4.31. The molecule has 0 unspecified atom stereocenters. The van der Waals surface area contributed by atoms with Gasteiger partial charge >= 0.3 is 6.18 Å². The van der Waals surface area contributed by atoms with Crippen LogP contribution in [0.2, 0.25) is 0 Å². The third kappa shape index (κ3) is 6.95. The monoisotopic (exact) mass is 571 g/mol. The minimum atomic E-state index is -4.64. The van der Waals surface area contributed by atoms with Gasteiger partial charge in [0.05, 0.1) is 29.5 Å². The van der Waals surface area contributed by atoms with Crippen molar-refractivity contribution in [2.24, 2.45) is 0 Å². The lowest BCUT2D eigenvalue weighted by Gasteiger charge is -2.28. The first-order valence-corrected chi connectivity index (χ1v) is 14.2. The van der Waals surface area contributed by atoms with Crippen LogP contribution in [-0.4, -0.2) is 42.2 Å². The maximum atomic E-state index is 12.9. The van der Waals surface area contributed by atoms with E-state index >= 15 is 0 Å². The van der Waals surface area contributed by atoms with Crippen molar-refractivity contribution < 1.29 is 39.5 Å². The number of carbonyl (C=O) groups is 1. The highest BCUT2D eigenvalue weighted by Crippen LogP contribution is 2.31. The minimum Gasteiger partial charge on any atom is -0.497 e. The van der Waals surface area contributed by atoms with Gasteiger partial charge in [-0.2, -0.15) is 13.2 Å². The number of carbonyl (C=O) groups excluding carboxylic acids is 1. The molecule has 0 spiro atoms. The van der Waals surface area contributed by atoms with Crippen LogP contribution in [0.25, 0.3) is 0 Å². The maximum Gasteiger partial charge on any atom is 0.416 e. The molecule has 3 rings (SSSR count). The normalized spacial score (nSPS) is 12.9. The Morgan fingerprint density at radius 3 is 2.05 bits per heavy atom. The Bertz CT molecular complexity index is 1510. The lowest BCUT2D eigenvalue weighted by Crippen LogP contribution is -2.45. The van der Waals surface area contributed by atoms with Crippen LogP contribution < -0.4 is 19.1 Å². The molecular formula is C24H24F3N3O6S2. The number of halogens is 3. The average Bonchev–Trinajstić information content (AvgIpc) is 2.83. The molecule has 9 nitrogen and oxygen atoms in total. The predicted molar refractivity (Wildman–Crippen MR) is 137 cm³/mol. The zero-order valence-electron chi connectivity index (χ0n) is 20.4. The molecule has 0 aliphatic heterocycles. The second-order valence-electron chi connectivity index (χ2n) is 8.13. The molecule has 0 aliphatic carbocycles. The quantitative estimate of drug-likeness (QED) is 0.395. The Kier molecular flexibility index (Phi) is 8.27. The fraction of sp³-hybridized carbons (Fsp3) is 0.208. The van der Waals surface area contributed by atoms with Gasteiger partial charge in [0.25, 0.3) is 10.0 Å². The molecule has 1 atom stereocenters. The molecule has 3 aromatic rings. The van der Waals surface area contributed by atoms with E-state index in [1.54, 1.807) is 12.1 Å². The van der Waals surface area contributed by atoms with Gasteiger partial charge in [0.15, 0.2) is 0 Å². The number of hydrogen-bond acceptors (Lipinski definition) is 6. The van der Waals surface area contributed by atoms with Crippen LogP contribution in [0.15, 0.2) is 77.7 Å². The number of amides is 1. The number of rotatable bonds is 9. The number of nitrogens with one attached hydrogen (secondary N) is 2. The molecule has 0 radical (unpaired) electrons. The Morgan fingerprint density at radius 1 is 0.921 bits per heavy atom. The molecule has 3 aromatic carbocycles. The lowest BCUT2D eigenvalue weighted by molar-refractivity contribution is -0.137. The van der Waals surface area contributed by atoms with Gasteiger partial charge in [0.1, 0.15) is 11.8 Å². The summed E-state index contributed by atoms with van der Waals surface area (Å²) in [5.41, 5.74) is -0.880. The van der Waals surface area contributed by atoms with Crippen LogP contribution in [-0.2, 0) is 31.0 Å². The van der Waals surface area contributed by atoms with Crippen LogP contribution >= 0.6 is 0 Å². The first kappa shape index (κ1) is 28.8. The highest BCUT2D eigenvalue weighted by atomic mass is 32.2. The van der Waals surface area contributed by atoms with E-state index in [0.717, 1.165) is 34.8 Å². The van der Waals surface area contributed by atoms with Gasteiger partial charge in [-0.15, -0.1) is 0 Å². The van der Waals surface area contributed by atoms with Crippen molar-refractivity contribution in [1.82, 2.24) is 0 Å². The number of methoxy groups -OCH3 is 1. The second kappa shape index (κ2) is 10.9. The number of sulfonamides is 2. The van der Waals surface area contributed by atoms with Crippen LogP contribution in [0, 0.1) is 0 Å². The standard InChI is InChI=1S/C24H24F3N3O6S2/c1-16(30(37(3,32)33)20-9-11-21(36-2)12-10-20)23(31)28-18-7-13-22(14-8-18)38(34,35)29-19-6-4-5-17(15-19)24(25,26)27/h4-16,29H,1-3H3,(H,28,31)/t16-/m0/s1. The molecule has 2 N–H and O–H groups in total. The fourth-order valence-electron chi connectivity index (χ4n) is 3.48. The number of hydrogen-bond donors (Lipinski definition) is 2. The van der Waals surface area contributed by atoms with Gasteiger partial charge in [-0.1, -0.05) is 6.07 Å². The summed E-state index contributed by atoms with van der Waals surface area (Å²) in [6.45, 7) is 1.39. The summed E-state index contributed by atoms with van der Waals surface area (Å²) in [5, 5.41) is 2.53. The van der Waals surface area contributed by atoms with Gasteiger partial charge in [-0.05, 0) is 73.7 Å². The Labute approximate surface area is 218 Å². The van der Waals surface area contributed by atoms with Crippen molar-refractivity contribution in [3.8, 4) is 5.75 Å². The second-order valence-corrected chi connectivity index (χ2v) is 11.7. The van der Waals surface area contributed by atoms with Crippen molar-refractivity contribution in [1.29, 1.82) is 0 Å². The van der Waals surface area contributed by atoms with Crippen molar-refractivity contribution in [2.45, 2.75) is 24.0 Å². The highest BCUT2D eigenvalue weighted by Gasteiger charge is 2.31. The first-order valence-electron chi connectivity index (χ1n) is 10.9. The van der Waals surface area contributed by atoms with E-state index < -0.39 is 43.7 Å². The molecule has 14 heteroatoms. The van der Waals surface area contributed by atoms with Crippen molar-refractivity contribution in [3.63, 3.8) is 0 Å². The Morgan fingerprint density at radius 2 is 1.53 bits per heavy atom. The van der Waals surface area contributed by atoms with Crippen LogP contribution in [0.4, 0.5) is 30.2 Å². The van der Waals surface area contributed by atoms with Crippen molar-refractivity contribution in [3.05, 3.63) is 78.4 Å². The molecule has 38 heavy (non-hydrogen) atoms. The first-order chi connectivity index (χ1) is 17.6. The van der Waals surface area contributed by atoms with E-state index in [2.05, 4.69) is 10.0 Å². The molecule has 0 fully saturated rings. The Hall–Kier alpha value is -3.78. The lowest BCUT2D eigenvalue weighted by atomic mass is 10.2. The molecule has 1 amide bonds. The minimum absolute atomic E-state index is 0.169. The zero-order valence-corrected chi connectivity index (χ0v) is 22.0. The molecule has 0 bridgehead atoms. The highest BCUT2D eigenvalue weighted by molar-refractivity contribution is 7.92. The number of anilines is 3. The van der Waals surface area contributed by atoms with Crippen LogP contribution in [0.1, 0.15) is 12.5 Å². The summed E-state index contributed by atoms with van der Waals surface area (Å²) in [7, 11) is -6.65. The van der Waals surface area contributed by atoms with E-state index in [1.807, 2.05) is 0 Å². The summed E-state index contributed by atoms with van der Waals surface area (Å²) >= 11 is 0. The van der Waals surface area contributed by atoms with Gasteiger partial charge in [0.2, 0.25) is 15.9 Å². The summed E-state index contributed by atoms with van der Waals surface area (Å²) < 4.78 is 97.0. The third-order valence-electron chi connectivity index (χ3n) is 5.29. The SMILES string of the molecule is COc1ccc(N([C@@H](C)C(=O)Nc2ccc(S(=O)(=O)Nc3cccc(C(F)(F)F)c3)cc2)S(C)(=O)=O)cc1. The largest absolute Gasteiger partial charge is 0.497 e. The van der Waals surface area contributed by atoms with Gasteiger partial charge in [-0.25, -0.2) is 16.8 Å². The fourth-order valence-corrected chi connectivity index (χ4v) is 5.70. The van der Waals surface area contributed by atoms with E-state index in [4.69, 9.17) is 4.74 Å². The smallest absolute Gasteiger partial charge is 0.416 e. The van der Waals surface area contributed by atoms with Gasteiger partial charge in [0, 0.05) is 11.4 Å². The van der Waals surface area contributed by atoms with Crippen molar-refractivity contribution >= 4 is 43.0 Å². The summed E-state index contributed by atoms with van der Waals surface area (Å²) in [4.78, 5) is 12.6. The van der Waals surface area contributed by atoms with E-state index in [1.165, 1.54) is 44.4 Å². The topological polar surface area (TPSA) is 122 Å². The summed E-state index contributed by atoms with van der Waals surface area (Å²) in [6, 6.07) is 13.5. The number of alkyl halides is 3. The van der Waals surface area contributed by atoms with E-state index in [-0.39, 0.29) is 22.0 Å². The number of benzene rings is 3. The molecule has 0 heterocycles. The molecule has 0 aromatic heterocycles. The van der Waals surface area contributed by atoms with Crippen molar-refractivity contribution in [2.75, 3.05) is 27.7 Å². The molecule has 0 saturated heterocycles. The third-order valence-corrected chi connectivity index (χ3v) is 7.93. The number of nitrogens with zero attached hydrogens (tertiary/aromatic N) is 1. The molecule has 0 aliphatic rings. The van der Waals surface area contributed by atoms with E-state index in [0.29, 0.717) is 11.8 Å². The Balaban J connectivity index is 1.76. The maximum absolute atomic E-state index is 12.9. The summed E-state index contributed by atoms with van der Waals surface area (Å²) in [5.74, 6) is -0.194. The number of ether oxygens (including phenoxy) is 1. The summed E-state index contributed by atoms with van der Waals surface area (Å²) in [6.07, 6.45) is -3.68.